The van der Waals surface area contributed by atoms with Crippen LogP contribution in [0.3, 0.4) is 0 Å². The van der Waals surface area contributed by atoms with Gasteiger partial charge in [-0.1, -0.05) is 0 Å². The number of nitrogens with zero attached hydrogens (tertiary/aromatic N) is 3. The van der Waals surface area contributed by atoms with E-state index in [4.69, 9.17) is 0 Å². The van der Waals surface area contributed by atoms with E-state index in [1.807, 2.05) is 0 Å². The van der Waals surface area contributed by atoms with Crippen LogP contribution >= 0.6 is 7.26 Å². The Labute approximate surface area is 87.4 Å². The van der Waals surface area contributed by atoms with Gasteiger partial charge in [-0.25, -0.2) is 0 Å². The van der Waals surface area contributed by atoms with Crippen LogP contribution in [0, 0.1) is 0 Å². The average molecular weight is 214 g/mol. The SMILES string of the molecule is C[P+]12CN3CCN(CCN(CC3)C1)C2. The molecule has 3 saturated heterocycles. The summed E-state index contributed by atoms with van der Waals surface area (Å²) in [6.07, 6.45) is 4.29. The zero-order chi connectivity index (χ0) is 9.60. The lowest BCUT2D eigenvalue weighted by atomic mass is 10.5. The molecule has 0 amide bonds. The summed E-state index contributed by atoms with van der Waals surface area (Å²) in [5.41, 5.74) is 0. The Bertz CT molecular complexity index is 185. The van der Waals surface area contributed by atoms with Gasteiger partial charge in [0.2, 0.25) is 0 Å². The van der Waals surface area contributed by atoms with E-state index >= 15 is 0 Å². The van der Waals surface area contributed by atoms with Gasteiger partial charge in [0.15, 0.2) is 0 Å². The summed E-state index contributed by atoms with van der Waals surface area (Å²) in [7, 11) is -0.672. The topological polar surface area (TPSA) is 9.72 Å². The van der Waals surface area contributed by atoms with Crippen LogP contribution < -0.4 is 0 Å². The van der Waals surface area contributed by atoms with Crippen LogP contribution in [-0.2, 0) is 0 Å². The smallest absolute Gasteiger partial charge is 0.114 e. The normalized spacial score (nSPS) is 52.5. The first-order valence-electron chi connectivity index (χ1n) is 5.74. The Hall–Kier alpha value is 0.310. The molecule has 0 saturated carbocycles. The van der Waals surface area contributed by atoms with Crippen LogP contribution in [0.2, 0.25) is 0 Å². The van der Waals surface area contributed by atoms with Crippen molar-refractivity contribution in [2.45, 2.75) is 0 Å². The maximum absolute atomic E-state index is 2.72. The summed E-state index contributed by atoms with van der Waals surface area (Å²) >= 11 is 0. The highest BCUT2D eigenvalue weighted by Crippen LogP contribution is 2.58. The van der Waals surface area contributed by atoms with Gasteiger partial charge in [0.1, 0.15) is 18.9 Å². The zero-order valence-electron chi connectivity index (χ0n) is 9.15. The maximum atomic E-state index is 2.72. The standard InChI is InChI=1S/C10H21N3P/c1-14-8-11-2-3-12(9-14)6-7-13(10-14)5-4-11/h2-10H2,1H3/q+1. The third-order valence-corrected chi connectivity index (χ3v) is 7.07. The van der Waals surface area contributed by atoms with E-state index in [1.165, 1.54) is 58.1 Å². The van der Waals surface area contributed by atoms with Crippen LogP contribution in [0.4, 0.5) is 0 Å². The monoisotopic (exact) mass is 214 g/mol. The van der Waals surface area contributed by atoms with Crippen LogP contribution in [0.25, 0.3) is 0 Å². The van der Waals surface area contributed by atoms with Gasteiger partial charge < -0.3 is 0 Å². The largest absolute Gasteiger partial charge is 0.269 e. The fourth-order valence-electron chi connectivity index (χ4n) is 3.19. The Morgan fingerprint density at radius 3 is 1.21 bits per heavy atom. The van der Waals surface area contributed by atoms with Crippen molar-refractivity contribution >= 4 is 7.26 Å². The minimum absolute atomic E-state index is 0.672. The van der Waals surface area contributed by atoms with E-state index in [0.717, 1.165) is 0 Å². The zero-order valence-corrected chi connectivity index (χ0v) is 10.0. The molecule has 0 N–H and O–H groups in total. The van der Waals surface area contributed by atoms with E-state index in [9.17, 15) is 0 Å². The number of rotatable bonds is 0. The fourth-order valence-corrected chi connectivity index (χ4v) is 7.20. The molecule has 3 heterocycles. The van der Waals surface area contributed by atoms with Crippen molar-refractivity contribution in [3.05, 3.63) is 0 Å². The molecule has 3 aliphatic rings. The molecule has 0 aromatic heterocycles. The minimum Gasteiger partial charge on any atom is -0.269 e. The summed E-state index contributed by atoms with van der Waals surface area (Å²) in [5.74, 6) is 0. The lowest BCUT2D eigenvalue weighted by molar-refractivity contribution is 0.277. The molecule has 4 bridgehead atoms. The first-order chi connectivity index (χ1) is 6.73. The number of hydrogen-bond acceptors (Lipinski definition) is 3. The molecular formula is C10H21N3P+. The second kappa shape index (κ2) is 3.41. The highest BCUT2D eigenvalue weighted by molar-refractivity contribution is 7.75. The molecule has 3 fully saturated rings. The van der Waals surface area contributed by atoms with Crippen molar-refractivity contribution in [3.8, 4) is 0 Å². The molecule has 0 atom stereocenters. The molecule has 80 valence electrons. The van der Waals surface area contributed by atoms with Crippen molar-refractivity contribution in [2.75, 3.05) is 64.8 Å². The van der Waals surface area contributed by atoms with E-state index in [2.05, 4.69) is 21.4 Å². The Kier molecular flexibility index (Phi) is 2.32. The predicted molar refractivity (Wildman–Crippen MR) is 62.2 cm³/mol. The van der Waals surface area contributed by atoms with Crippen molar-refractivity contribution in [1.29, 1.82) is 0 Å². The Morgan fingerprint density at radius 1 is 0.643 bits per heavy atom. The van der Waals surface area contributed by atoms with Gasteiger partial charge >= 0.3 is 0 Å². The molecule has 3 aliphatic heterocycles. The summed E-state index contributed by atoms with van der Waals surface area (Å²) in [6.45, 7) is 10.5. The number of hydrogen-bond donors (Lipinski definition) is 0. The molecule has 14 heavy (non-hydrogen) atoms. The summed E-state index contributed by atoms with van der Waals surface area (Å²) in [6, 6.07) is 0. The minimum atomic E-state index is -0.672. The van der Waals surface area contributed by atoms with Crippen LogP contribution in [0.15, 0.2) is 0 Å². The van der Waals surface area contributed by atoms with Crippen molar-refractivity contribution in [1.82, 2.24) is 14.7 Å². The van der Waals surface area contributed by atoms with Gasteiger partial charge in [0.05, 0.1) is 13.9 Å². The second-order valence-corrected chi connectivity index (χ2v) is 9.49. The predicted octanol–water partition coefficient (Wildman–Crippen LogP) is 0.453. The quantitative estimate of drug-likeness (QED) is 0.542. The molecule has 0 spiro atoms. The lowest BCUT2D eigenvalue weighted by Crippen LogP contribution is -2.31. The van der Waals surface area contributed by atoms with E-state index in [-0.39, 0.29) is 0 Å². The molecule has 4 heteroatoms. The van der Waals surface area contributed by atoms with Gasteiger partial charge in [-0.05, 0) is 0 Å². The summed E-state index contributed by atoms with van der Waals surface area (Å²) in [5, 5.41) is 0. The lowest BCUT2D eigenvalue weighted by Gasteiger charge is -2.24. The highest BCUT2D eigenvalue weighted by atomic mass is 31.2. The van der Waals surface area contributed by atoms with Gasteiger partial charge in [0.25, 0.3) is 0 Å². The average Bonchev–Trinajstić information content (AvgIpc) is 2.44. The molecule has 0 unspecified atom stereocenters. The Morgan fingerprint density at radius 2 is 0.929 bits per heavy atom. The maximum Gasteiger partial charge on any atom is 0.114 e. The van der Waals surface area contributed by atoms with E-state index in [1.54, 1.807) is 0 Å². The van der Waals surface area contributed by atoms with Gasteiger partial charge in [0, 0.05) is 39.3 Å². The fraction of sp³-hybridized carbons (Fsp3) is 1.00. The third-order valence-electron chi connectivity index (χ3n) is 3.82. The van der Waals surface area contributed by atoms with Gasteiger partial charge in [-0.2, -0.15) is 0 Å². The van der Waals surface area contributed by atoms with Crippen LogP contribution in [-0.4, -0.2) is 79.5 Å². The van der Waals surface area contributed by atoms with Gasteiger partial charge in [-0.15, -0.1) is 0 Å². The number of fused-ring (bicyclic) bond motifs is 3. The van der Waals surface area contributed by atoms with E-state index in [0.29, 0.717) is 0 Å². The van der Waals surface area contributed by atoms with Crippen LogP contribution in [0.1, 0.15) is 0 Å². The van der Waals surface area contributed by atoms with Crippen molar-refractivity contribution < 1.29 is 0 Å². The van der Waals surface area contributed by atoms with Crippen molar-refractivity contribution in [3.63, 3.8) is 0 Å². The van der Waals surface area contributed by atoms with E-state index < -0.39 is 7.26 Å². The Balaban J connectivity index is 1.94. The molecule has 3 rings (SSSR count). The summed E-state index contributed by atoms with van der Waals surface area (Å²) < 4.78 is 0. The molecule has 3 nitrogen and oxygen atoms in total. The summed E-state index contributed by atoms with van der Waals surface area (Å²) in [4.78, 5) is 8.16. The highest BCUT2D eigenvalue weighted by Gasteiger charge is 2.44. The molecular weight excluding hydrogens is 193 g/mol. The van der Waals surface area contributed by atoms with Crippen LogP contribution in [0.5, 0.6) is 0 Å². The van der Waals surface area contributed by atoms with Gasteiger partial charge in [-0.3, -0.25) is 14.7 Å². The molecule has 0 aromatic rings. The first kappa shape index (κ1) is 9.53. The third kappa shape index (κ3) is 1.71. The first-order valence-corrected chi connectivity index (χ1v) is 8.53. The second-order valence-electron chi connectivity index (χ2n) is 5.40. The molecule has 0 aromatic carbocycles. The molecule has 0 aliphatic carbocycles. The molecule has 0 radical (unpaired) electrons. The van der Waals surface area contributed by atoms with Crippen molar-refractivity contribution in [2.24, 2.45) is 0 Å².